The number of benzene rings is 1. The highest BCUT2D eigenvalue weighted by Gasteiger charge is 2.36. The molecule has 7 heteroatoms. The molecule has 0 atom stereocenters. The Bertz CT molecular complexity index is 696. The van der Waals surface area contributed by atoms with E-state index in [0.29, 0.717) is 6.16 Å². The Morgan fingerprint density at radius 3 is 2.04 bits per heavy atom. The van der Waals surface area contributed by atoms with Crippen LogP contribution in [0.3, 0.4) is 0 Å². The summed E-state index contributed by atoms with van der Waals surface area (Å²) in [5.74, 6) is 0. The van der Waals surface area contributed by atoms with Crippen LogP contribution in [0, 0.1) is 0 Å². The van der Waals surface area contributed by atoms with E-state index < -0.39 is 24.2 Å². The zero-order valence-corrected chi connectivity index (χ0v) is 19.7. The van der Waals surface area contributed by atoms with Crippen LogP contribution in [0.1, 0.15) is 12.0 Å². The molecule has 1 aromatic rings. The molecule has 26 heavy (non-hydrogen) atoms. The number of anilines is 1. The van der Waals surface area contributed by atoms with Gasteiger partial charge in [0.2, 0.25) is 0 Å². The van der Waals surface area contributed by atoms with Gasteiger partial charge in [-0.05, 0) is 69.0 Å². The molecule has 0 spiro atoms. The lowest BCUT2D eigenvalue weighted by molar-refractivity contribution is 0.381. The van der Waals surface area contributed by atoms with Gasteiger partial charge in [0.25, 0.3) is 0 Å². The van der Waals surface area contributed by atoms with E-state index in [1.807, 2.05) is 63.5 Å². The molecular weight excluding hydrogens is 377 g/mol. The van der Waals surface area contributed by atoms with Gasteiger partial charge in [0.15, 0.2) is 16.6 Å². The Morgan fingerprint density at radius 2 is 1.58 bits per heavy atom. The lowest BCUT2D eigenvalue weighted by Gasteiger charge is -2.31. The summed E-state index contributed by atoms with van der Waals surface area (Å²) >= 11 is 0. The standard InChI is InChI=1S/C19H32NO3PSi2/c1-25(2,3)22-24(21,23-26(4,5)6)16-18-11-13-19(14-12-18)20-15-17-9-7-8-10-17/h7,9-14,20H,8,15-16H2,1-6H3. The van der Waals surface area contributed by atoms with E-state index in [1.54, 1.807) is 0 Å². The minimum Gasteiger partial charge on any atom is -0.381 e. The van der Waals surface area contributed by atoms with Gasteiger partial charge in [0.05, 0.1) is 6.16 Å². The van der Waals surface area contributed by atoms with Crippen molar-refractivity contribution in [1.29, 1.82) is 0 Å². The lowest BCUT2D eigenvalue weighted by Crippen LogP contribution is -2.30. The highest BCUT2D eigenvalue weighted by molar-refractivity contribution is 7.56. The first kappa shape index (κ1) is 21.4. The quantitative estimate of drug-likeness (QED) is 0.380. The Labute approximate surface area is 160 Å². The molecule has 144 valence electrons. The van der Waals surface area contributed by atoms with Gasteiger partial charge in [0, 0.05) is 12.2 Å². The van der Waals surface area contributed by atoms with Crippen LogP contribution in [0.15, 0.2) is 48.1 Å². The van der Waals surface area contributed by atoms with Crippen molar-refractivity contribution in [2.24, 2.45) is 0 Å². The fourth-order valence-corrected chi connectivity index (χ4v) is 11.0. The minimum atomic E-state index is -3.15. The van der Waals surface area contributed by atoms with Crippen LogP contribution in [0.5, 0.6) is 0 Å². The van der Waals surface area contributed by atoms with Crippen molar-refractivity contribution in [2.75, 3.05) is 11.9 Å². The van der Waals surface area contributed by atoms with E-state index >= 15 is 0 Å². The third-order valence-electron chi connectivity index (χ3n) is 3.50. The van der Waals surface area contributed by atoms with Crippen molar-refractivity contribution in [1.82, 2.24) is 0 Å². The molecule has 0 fully saturated rings. The van der Waals surface area contributed by atoms with Gasteiger partial charge < -0.3 is 13.7 Å². The smallest absolute Gasteiger partial charge is 0.315 e. The van der Waals surface area contributed by atoms with Crippen LogP contribution >= 0.6 is 7.60 Å². The maximum Gasteiger partial charge on any atom is 0.315 e. The molecular formula is C19H32NO3PSi2. The Balaban J connectivity index is 2.05. The summed E-state index contributed by atoms with van der Waals surface area (Å²) < 4.78 is 25.4. The molecule has 0 radical (unpaired) electrons. The van der Waals surface area contributed by atoms with Crippen LogP contribution in [0.25, 0.3) is 0 Å². The summed E-state index contributed by atoms with van der Waals surface area (Å²) in [6.07, 6.45) is 7.89. The second kappa shape index (κ2) is 8.40. The van der Waals surface area contributed by atoms with Gasteiger partial charge in [-0.25, -0.2) is 0 Å². The Morgan fingerprint density at radius 1 is 1.00 bits per heavy atom. The molecule has 1 aliphatic rings. The van der Waals surface area contributed by atoms with E-state index in [9.17, 15) is 4.57 Å². The van der Waals surface area contributed by atoms with E-state index in [-0.39, 0.29) is 0 Å². The molecule has 0 saturated heterocycles. The molecule has 0 bridgehead atoms. The molecule has 0 aromatic heterocycles. The Hall–Kier alpha value is -0.916. The van der Waals surface area contributed by atoms with Gasteiger partial charge in [-0.15, -0.1) is 0 Å². The molecule has 1 aliphatic carbocycles. The summed E-state index contributed by atoms with van der Waals surface area (Å²) in [4.78, 5) is 0. The van der Waals surface area contributed by atoms with Gasteiger partial charge >= 0.3 is 7.60 Å². The SMILES string of the molecule is C[Si](C)(C)OP(=O)(Cc1ccc(NCC2=CCC=C2)cc1)O[Si](C)(C)C. The first-order valence-electron chi connectivity index (χ1n) is 9.13. The summed E-state index contributed by atoms with van der Waals surface area (Å²) in [5, 5.41) is 3.42. The predicted molar refractivity (Wildman–Crippen MR) is 117 cm³/mol. The maximum absolute atomic E-state index is 13.4. The van der Waals surface area contributed by atoms with Crippen molar-refractivity contribution >= 4 is 29.9 Å². The largest absolute Gasteiger partial charge is 0.381 e. The van der Waals surface area contributed by atoms with Crippen LogP contribution in [-0.2, 0) is 19.2 Å². The highest BCUT2D eigenvalue weighted by atomic mass is 31.2. The molecule has 4 nitrogen and oxygen atoms in total. The van der Waals surface area contributed by atoms with Gasteiger partial charge in [-0.1, -0.05) is 30.4 Å². The van der Waals surface area contributed by atoms with Crippen molar-refractivity contribution in [2.45, 2.75) is 51.9 Å². The van der Waals surface area contributed by atoms with E-state index in [0.717, 1.165) is 24.2 Å². The monoisotopic (exact) mass is 409 g/mol. The summed E-state index contributed by atoms with van der Waals surface area (Å²) in [5.41, 5.74) is 3.35. The first-order chi connectivity index (χ1) is 11.9. The third-order valence-corrected chi connectivity index (χ3v) is 10.9. The van der Waals surface area contributed by atoms with Gasteiger partial charge in [-0.2, -0.15) is 0 Å². The molecule has 0 heterocycles. The molecule has 0 aliphatic heterocycles. The summed E-state index contributed by atoms with van der Waals surface area (Å²) in [7, 11) is -7.10. The number of hydrogen-bond donors (Lipinski definition) is 1. The molecule has 1 aromatic carbocycles. The van der Waals surface area contributed by atoms with Gasteiger partial charge in [0.1, 0.15) is 0 Å². The highest BCUT2D eigenvalue weighted by Crippen LogP contribution is 2.55. The van der Waals surface area contributed by atoms with Crippen molar-refractivity contribution < 1.29 is 13.0 Å². The van der Waals surface area contributed by atoms with Crippen LogP contribution in [0.2, 0.25) is 39.3 Å². The zero-order valence-electron chi connectivity index (χ0n) is 16.8. The topological polar surface area (TPSA) is 47.6 Å². The molecule has 0 saturated carbocycles. The molecule has 1 N–H and O–H groups in total. The van der Waals surface area contributed by atoms with E-state index in [2.05, 4.69) is 23.5 Å². The fraction of sp³-hybridized carbons (Fsp3) is 0.474. The second-order valence-electron chi connectivity index (χ2n) is 8.64. The molecule has 0 unspecified atom stereocenters. The lowest BCUT2D eigenvalue weighted by atomic mass is 10.2. The maximum atomic E-state index is 13.4. The fourth-order valence-electron chi connectivity index (χ4n) is 2.71. The van der Waals surface area contributed by atoms with E-state index in [4.69, 9.17) is 8.43 Å². The normalized spacial score (nSPS) is 15.2. The summed E-state index contributed by atoms with van der Waals surface area (Å²) in [6, 6.07) is 8.08. The minimum absolute atomic E-state index is 0.329. The van der Waals surface area contributed by atoms with E-state index in [1.165, 1.54) is 5.57 Å². The number of rotatable bonds is 9. The molecule has 2 rings (SSSR count). The molecule has 0 amide bonds. The van der Waals surface area contributed by atoms with Crippen molar-refractivity contribution in [3.8, 4) is 0 Å². The van der Waals surface area contributed by atoms with Crippen molar-refractivity contribution in [3.05, 3.63) is 53.6 Å². The van der Waals surface area contributed by atoms with Crippen molar-refractivity contribution in [3.63, 3.8) is 0 Å². The predicted octanol–water partition coefficient (Wildman–Crippen LogP) is 6.38. The average molecular weight is 410 g/mol. The zero-order chi connectivity index (χ0) is 19.4. The second-order valence-corrected chi connectivity index (χ2v) is 20.1. The summed E-state index contributed by atoms with van der Waals surface area (Å²) in [6.45, 7) is 13.1. The third kappa shape index (κ3) is 7.76. The first-order valence-corrected chi connectivity index (χ1v) is 17.7. The average Bonchev–Trinajstić information content (AvgIpc) is 2.95. The number of allylic oxidation sites excluding steroid dienone is 2. The van der Waals surface area contributed by atoms with Crippen LogP contribution in [0.4, 0.5) is 5.69 Å². The number of nitrogens with one attached hydrogen (secondary N) is 1. The van der Waals surface area contributed by atoms with Crippen LogP contribution < -0.4 is 5.32 Å². The van der Waals surface area contributed by atoms with Gasteiger partial charge in [-0.3, -0.25) is 4.57 Å². The number of hydrogen-bond acceptors (Lipinski definition) is 4. The Kier molecular flexibility index (Phi) is 6.91. The van der Waals surface area contributed by atoms with Crippen LogP contribution in [-0.4, -0.2) is 23.2 Å².